The van der Waals surface area contributed by atoms with E-state index >= 15 is 0 Å². The number of hydrogen-bond donors (Lipinski definition) is 2. The van der Waals surface area contributed by atoms with Gasteiger partial charge in [0.15, 0.2) is 5.16 Å². The highest BCUT2D eigenvalue weighted by Crippen LogP contribution is 2.16. The predicted molar refractivity (Wildman–Crippen MR) is 94.0 cm³/mol. The number of rotatable bonds is 9. The highest BCUT2D eigenvalue weighted by Gasteiger charge is 2.10. The van der Waals surface area contributed by atoms with Gasteiger partial charge < -0.3 is 5.32 Å². The van der Waals surface area contributed by atoms with Gasteiger partial charge in [-0.3, -0.25) is 9.36 Å². The average molecular weight is 352 g/mol. The van der Waals surface area contributed by atoms with E-state index in [2.05, 4.69) is 15.5 Å². The molecule has 23 heavy (non-hydrogen) atoms. The first-order valence-electron chi connectivity index (χ1n) is 7.43. The van der Waals surface area contributed by atoms with Crippen LogP contribution in [-0.2, 0) is 11.3 Å². The van der Waals surface area contributed by atoms with E-state index in [0.29, 0.717) is 18.2 Å². The number of aromatic nitrogens is 3. The fourth-order valence-corrected chi connectivity index (χ4v) is 3.48. The molecule has 2 aromatic rings. The Kier molecular flexibility index (Phi) is 7.28. The van der Waals surface area contributed by atoms with Crippen LogP contribution in [0, 0.1) is 0 Å². The smallest absolute Gasteiger partial charge is 0.343 e. The second kappa shape index (κ2) is 9.46. The van der Waals surface area contributed by atoms with Crippen molar-refractivity contribution in [3.8, 4) is 0 Å². The number of hydrogen-bond acceptors (Lipinski definition) is 5. The number of benzene rings is 1. The Bertz CT molecular complexity index is 670. The summed E-state index contributed by atoms with van der Waals surface area (Å²) < 4.78 is 1.56. The first-order valence-corrected chi connectivity index (χ1v) is 9.40. The lowest BCUT2D eigenvalue weighted by atomic mass is 10.4. The minimum Gasteiger partial charge on any atom is -0.355 e. The second-order valence-corrected chi connectivity index (χ2v) is 6.87. The Balaban J connectivity index is 1.68. The third-order valence-electron chi connectivity index (χ3n) is 2.94. The molecular weight excluding hydrogens is 332 g/mol. The van der Waals surface area contributed by atoms with E-state index in [4.69, 9.17) is 0 Å². The van der Waals surface area contributed by atoms with Gasteiger partial charge in [0, 0.05) is 23.7 Å². The molecule has 0 aliphatic carbocycles. The molecule has 0 fully saturated rings. The number of amides is 1. The molecule has 0 unspecified atom stereocenters. The van der Waals surface area contributed by atoms with E-state index in [0.717, 1.165) is 12.2 Å². The summed E-state index contributed by atoms with van der Waals surface area (Å²) in [6.45, 7) is 3.21. The molecule has 2 N–H and O–H groups in total. The molecule has 0 saturated carbocycles. The topological polar surface area (TPSA) is 79.8 Å². The number of aromatic amines is 1. The van der Waals surface area contributed by atoms with Gasteiger partial charge in [0.05, 0.1) is 5.75 Å². The van der Waals surface area contributed by atoms with Gasteiger partial charge >= 0.3 is 5.69 Å². The van der Waals surface area contributed by atoms with E-state index in [1.165, 1.54) is 16.7 Å². The molecule has 6 nitrogen and oxygen atoms in total. The quantitative estimate of drug-likeness (QED) is 0.533. The summed E-state index contributed by atoms with van der Waals surface area (Å²) in [5.41, 5.74) is -0.228. The van der Waals surface area contributed by atoms with Crippen molar-refractivity contribution in [3.05, 3.63) is 40.8 Å². The zero-order chi connectivity index (χ0) is 16.5. The maximum absolute atomic E-state index is 11.8. The first-order chi connectivity index (χ1) is 11.2. The second-order valence-electron chi connectivity index (χ2n) is 4.76. The molecule has 1 amide bonds. The van der Waals surface area contributed by atoms with Crippen molar-refractivity contribution in [2.45, 2.75) is 29.9 Å². The largest absolute Gasteiger partial charge is 0.355 e. The highest BCUT2D eigenvalue weighted by molar-refractivity contribution is 7.99. The van der Waals surface area contributed by atoms with Gasteiger partial charge in [-0.05, 0) is 18.6 Å². The van der Waals surface area contributed by atoms with Gasteiger partial charge in [0.2, 0.25) is 5.91 Å². The molecule has 2 rings (SSSR count). The number of carbonyl (C=O) groups excluding carboxylic acids is 1. The number of nitrogens with one attached hydrogen (secondary N) is 2. The monoisotopic (exact) mass is 352 g/mol. The van der Waals surface area contributed by atoms with E-state index in [1.807, 2.05) is 37.3 Å². The maximum atomic E-state index is 11.8. The van der Waals surface area contributed by atoms with Gasteiger partial charge in [-0.2, -0.15) is 0 Å². The Morgan fingerprint density at radius 3 is 2.83 bits per heavy atom. The van der Waals surface area contributed by atoms with Gasteiger partial charge in [0.1, 0.15) is 0 Å². The van der Waals surface area contributed by atoms with Gasteiger partial charge in [-0.1, -0.05) is 36.9 Å². The van der Waals surface area contributed by atoms with Crippen LogP contribution < -0.4 is 11.0 Å². The molecule has 0 atom stereocenters. The van der Waals surface area contributed by atoms with Crippen molar-refractivity contribution in [2.75, 3.05) is 18.1 Å². The summed E-state index contributed by atoms with van der Waals surface area (Å²) in [4.78, 5) is 24.6. The van der Waals surface area contributed by atoms with E-state index in [-0.39, 0.29) is 17.3 Å². The van der Waals surface area contributed by atoms with Gasteiger partial charge in [0.25, 0.3) is 0 Å². The van der Waals surface area contributed by atoms with Crippen LogP contribution in [0.5, 0.6) is 0 Å². The van der Waals surface area contributed by atoms with Crippen LogP contribution >= 0.6 is 23.5 Å². The van der Waals surface area contributed by atoms with Crippen molar-refractivity contribution in [2.24, 2.45) is 0 Å². The Hall–Kier alpha value is -1.67. The lowest BCUT2D eigenvalue weighted by Gasteiger charge is -2.06. The lowest BCUT2D eigenvalue weighted by molar-refractivity contribution is -0.118. The van der Waals surface area contributed by atoms with E-state index < -0.39 is 0 Å². The van der Waals surface area contributed by atoms with Crippen LogP contribution in [-0.4, -0.2) is 38.7 Å². The minimum atomic E-state index is -0.228. The molecule has 0 aliphatic heterocycles. The molecule has 1 aromatic carbocycles. The summed E-state index contributed by atoms with van der Waals surface area (Å²) in [5.74, 6) is 1.02. The van der Waals surface area contributed by atoms with Gasteiger partial charge in [-0.25, -0.2) is 9.89 Å². The number of nitrogens with zero attached hydrogens (tertiary/aromatic N) is 2. The third-order valence-corrected chi connectivity index (χ3v) is 4.93. The SMILES string of the molecule is CCCn1c(SCC(=O)NCCSc2ccccc2)n[nH]c1=O. The predicted octanol–water partition coefficient (Wildman–Crippen LogP) is 1.98. The molecule has 0 bridgehead atoms. The fraction of sp³-hybridized carbons (Fsp3) is 0.400. The molecule has 0 spiro atoms. The first kappa shape index (κ1) is 17.7. The van der Waals surface area contributed by atoms with Crippen LogP contribution in [0.15, 0.2) is 45.2 Å². The molecule has 8 heteroatoms. The summed E-state index contributed by atoms with van der Waals surface area (Å²) >= 11 is 2.98. The normalized spacial score (nSPS) is 10.7. The molecule has 1 aromatic heterocycles. The molecule has 0 aliphatic rings. The number of carbonyl (C=O) groups is 1. The van der Waals surface area contributed by atoms with Gasteiger partial charge in [-0.15, -0.1) is 16.9 Å². The minimum absolute atomic E-state index is 0.0536. The summed E-state index contributed by atoms with van der Waals surface area (Å²) in [6, 6.07) is 10.1. The van der Waals surface area contributed by atoms with Crippen molar-refractivity contribution >= 4 is 29.4 Å². The number of H-pyrrole nitrogens is 1. The Labute approximate surface area is 143 Å². The van der Waals surface area contributed by atoms with Crippen molar-refractivity contribution in [1.29, 1.82) is 0 Å². The highest BCUT2D eigenvalue weighted by atomic mass is 32.2. The Morgan fingerprint density at radius 1 is 1.30 bits per heavy atom. The van der Waals surface area contributed by atoms with Crippen LogP contribution in [0.3, 0.4) is 0 Å². The van der Waals surface area contributed by atoms with Crippen LogP contribution in [0.25, 0.3) is 0 Å². The van der Waals surface area contributed by atoms with Crippen molar-refractivity contribution in [3.63, 3.8) is 0 Å². The summed E-state index contributed by atoms with van der Waals surface area (Å²) in [7, 11) is 0. The van der Waals surface area contributed by atoms with Crippen molar-refractivity contribution < 1.29 is 4.79 Å². The van der Waals surface area contributed by atoms with E-state index in [1.54, 1.807) is 16.3 Å². The maximum Gasteiger partial charge on any atom is 0.343 e. The molecule has 124 valence electrons. The molecule has 0 radical (unpaired) electrons. The van der Waals surface area contributed by atoms with Crippen LogP contribution in [0.4, 0.5) is 0 Å². The zero-order valence-corrected chi connectivity index (χ0v) is 14.6. The van der Waals surface area contributed by atoms with Crippen molar-refractivity contribution in [1.82, 2.24) is 20.1 Å². The lowest BCUT2D eigenvalue weighted by Crippen LogP contribution is -2.27. The molecule has 1 heterocycles. The summed E-state index contributed by atoms with van der Waals surface area (Å²) in [5, 5.41) is 9.80. The fourth-order valence-electron chi connectivity index (χ4n) is 1.89. The molecular formula is C15H20N4O2S2. The van der Waals surface area contributed by atoms with Crippen LogP contribution in [0.2, 0.25) is 0 Å². The Morgan fingerprint density at radius 2 is 2.09 bits per heavy atom. The average Bonchev–Trinajstić information content (AvgIpc) is 2.91. The number of thioether (sulfide) groups is 2. The van der Waals surface area contributed by atoms with Crippen LogP contribution in [0.1, 0.15) is 13.3 Å². The third kappa shape index (κ3) is 5.80. The standard InChI is InChI=1S/C15H20N4O2S2/c1-2-9-19-14(21)17-18-15(19)23-11-13(20)16-8-10-22-12-6-4-3-5-7-12/h3-7H,2,8-11H2,1H3,(H,16,20)(H,17,21). The van der Waals surface area contributed by atoms with E-state index in [9.17, 15) is 9.59 Å². The summed E-state index contributed by atoms with van der Waals surface area (Å²) in [6.07, 6.45) is 0.843. The zero-order valence-electron chi connectivity index (χ0n) is 12.9. The molecule has 0 saturated heterocycles.